The van der Waals surface area contributed by atoms with Crippen molar-refractivity contribution in [3.63, 3.8) is 0 Å². The Morgan fingerprint density at radius 3 is 2.25 bits per heavy atom. The van der Waals surface area contributed by atoms with E-state index in [0.717, 1.165) is 28.3 Å². The Kier molecular flexibility index (Phi) is 4.14. The quantitative estimate of drug-likeness (QED) is 0.781. The number of ether oxygens (including phenoxy) is 2. The molecule has 1 heterocycles. The second kappa shape index (κ2) is 6.11. The number of hydrogen-bond donors (Lipinski definition) is 0. The fourth-order valence-corrected chi connectivity index (χ4v) is 3.05. The first kappa shape index (κ1) is 16.2. The van der Waals surface area contributed by atoms with Crippen LogP contribution in [0.15, 0.2) is 47.5 Å². The van der Waals surface area contributed by atoms with Gasteiger partial charge in [-0.1, -0.05) is 6.07 Å². The number of Topliss-reactive ketones (excluding diaryl/α,β-unsaturated/α-hetero) is 1. The average molecular weight is 323 g/mol. The van der Waals surface area contributed by atoms with E-state index < -0.39 is 0 Å². The lowest BCUT2D eigenvalue weighted by molar-refractivity contribution is 0.100. The summed E-state index contributed by atoms with van der Waals surface area (Å²) in [5.74, 6) is 1.56. The van der Waals surface area contributed by atoms with Crippen molar-refractivity contribution >= 4 is 11.5 Å². The molecule has 0 N–H and O–H groups in total. The van der Waals surface area contributed by atoms with E-state index in [1.807, 2.05) is 18.2 Å². The summed E-state index contributed by atoms with van der Waals surface area (Å²) < 4.78 is 10.5. The third kappa shape index (κ3) is 2.92. The molecule has 0 bridgehead atoms. The number of fused-ring (bicyclic) bond motifs is 1. The Morgan fingerprint density at radius 2 is 1.62 bits per heavy atom. The third-order valence-corrected chi connectivity index (χ3v) is 4.35. The molecule has 0 saturated heterocycles. The fourth-order valence-electron chi connectivity index (χ4n) is 3.05. The highest BCUT2D eigenvalue weighted by atomic mass is 16.5. The highest BCUT2D eigenvalue weighted by molar-refractivity contribution is 6.17. The number of carbonyl (C=O) groups excluding carboxylic acids is 1. The van der Waals surface area contributed by atoms with Gasteiger partial charge in [0.2, 0.25) is 0 Å². The standard InChI is InChI=1S/C20H21NO3/c1-20(2)17-10-9-15(24-4)11-16(17)18(21-20)12-19(22)13-5-7-14(23-3)8-6-13/h5-11H,12H2,1-4H3. The van der Waals surface area contributed by atoms with Gasteiger partial charge in [-0.2, -0.15) is 0 Å². The molecule has 0 unspecified atom stereocenters. The minimum Gasteiger partial charge on any atom is -0.497 e. The van der Waals surface area contributed by atoms with Crippen molar-refractivity contribution in [3.05, 3.63) is 59.2 Å². The van der Waals surface area contributed by atoms with Crippen molar-refractivity contribution in [2.75, 3.05) is 14.2 Å². The van der Waals surface area contributed by atoms with Gasteiger partial charge in [-0.3, -0.25) is 9.79 Å². The first-order chi connectivity index (χ1) is 11.4. The van der Waals surface area contributed by atoms with Crippen LogP contribution in [0.5, 0.6) is 11.5 Å². The average Bonchev–Trinajstić information content (AvgIpc) is 2.84. The molecular weight excluding hydrogens is 302 g/mol. The number of aliphatic imine (C=N–C) groups is 1. The lowest BCUT2D eigenvalue weighted by Gasteiger charge is -2.16. The predicted octanol–water partition coefficient (Wildman–Crippen LogP) is 4.01. The van der Waals surface area contributed by atoms with Crippen molar-refractivity contribution in [1.82, 2.24) is 0 Å². The smallest absolute Gasteiger partial charge is 0.168 e. The molecule has 0 saturated carbocycles. The predicted molar refractivity (Wildman–Crippen MR) is 94.5 cm³/mol. The zero-order valence-electron chi connectivity index (χ0n) is 14.4. The molecule has 1 aliphatic heterocycles. The third-order valence-electron chi connectivity index (χ3n) is 4.35. The van der Waals surface area contributed by atoms with E-state index in [0.29, 0.717) is 5.56 Å². The van der Waals surface area contributed by atoms with Crippen molar-refractivity contribution in [2.45, 2.75) is 25.8 Å². The molecule has 2 aromatic carbocycles. The lowest BCUT2D eigenvalue weighted by Crippen LogP contribution is -2.10. The summed E-state index contributed by atoms with van der Waals surface area (Å²) in [4.78, 5) is 17.4. The Labute approximate surface area is 142 Å². The summed E-state index contributed by atoms with van der Waals surface area (Å²) in [5.41, 5.74) is 3.28. The van der Waals surface area contributed by atoms with Gasteiger partial charge in [0.1, 0.15) is 11.5 Å². The van der Waals surface area contributed by atoms with Crippen molar-refractivity contribution in [1.29, 1.82) is 0 Å². The minimum absolute atomic E-state index is 0.0443. The van der Waals surface area contributed by atoms with E-state index in [1.165, 1.54) is 0 Å². The number of benzene rings is 2. The van der Waals surface area contributed by atoms with E-state index in [-0.39, 0.29) is 17.7 Å². The first-order valence-electron chi connectivity index (χ1n) is 7.89. The molecule has 4 heteroatoms. The Balaban J connectivity index is 1.89. The maximum atomic E-state index is 12.6. The zero-order chi connectivity index (χ0) is 17.3. The summed E-state index contributed by atoms with van der Waals surface area (Å²) in [6.45, 7) is 4.12. The normalized spacial score (nSPS) is 14.8. The maximum absolute atomic E-state index is 12.6. The first-order valence-corrected chi connectivity index (χ1v) is 7.89. The van der Waals surface area contributed by atoms with Crippen LogP contribution in [0.3, 0.4) is 0 Å². The minimum atomic E-state index is -0.322. The van der Waals surface area contributed by atoms with E-state index in [4.69, 9.17) is 14.5 Å². The van der Waals surface area contributed by atoms with Gasteiger partial charge in [-0.25, -0.2) is 0 Å². The molecule has 0 aromatic heterocycles. The van der Waals surface area contributed by atoms with E-state index in [9.17, 15) is 4.79 Å². The zero-order valence-corrected chi connectivity index (χ0v) is 14.4. The number of ketones is 1. The van der Waals surface area contributed by atoms with E-state index in [2.05, 4.69) is 13.8 Å². The van der Waals surface area contributed by atoms with Crippen LogP contribution in [0.1, 0.15) is 41.8 Å². The van der Waals surface area contributed by atoms with Crippen molar-refractivity contribution in [2.24, 2.45) is 4.99 Å². The number of methoxy groups -OCH3 is 2. The summed E-state index contributed by atoms with van der Waals surface area (Å²) in [6, 6.07) is 13.1. The van der Waals surface area contributed by atoms with Gasteiger partial charge in [0.05, 0.1) is 31.9 Å². The van der Waals surface area contributed by atoms with Gasteiger partial charge in [-0.15, -0.1) is 0 Å². The van der Waals surface area contributed by atoms with Gasteiger partial charge in [0, 0.05) is 11.1 Å². The maximum Gasteiger partial charge on any atom is 0.168 e. The van der Waals surface area contributed by atoms with Crippen LogP contribution in [-0.2, 0) is 5.54 Å². The number of hydrogen-bond acceptors (Lipinski definition) is 4. The van der Waals surface area contributed by atoms with Crippen molar-refractivity contribution in [3.8, 4) is 11.5 Å². The van der Waals surface area contributed by atoms with Gasteiger partial charge in [-0.05, 0) is 55.8 Å². The number of rotatable bonds is 5. The molecule has 0 spiro atoms. The molecule has 1 aliphatic rings. The molecule has 0 fully saturated rings. The summed E-state index contributed by atoms with van der Waals surface area (Å²) in [5, 5.41) is 0. The highest BCUT2D eigenvalue weighted by Gasteiger charge is 2.32. The molecule has 0 radical (unpaired) electrons. The highest BCUT2D eigenvalue weighted by Crippen LogP contribution is 2.37. The van der Waals surface area contributed by atoms with E-state index in [1.54, 1.807) is 38.5 Å². The van der Waals surface area contributed by atoms with Gasteiger partial charge < -0.3 is 9.47 Å². The van der Waals surface area contributed by atoms with Gasteiger partial charge >= 0.3 is 0 Å². The molecular formula is C20H21NO3. The summed E-state index contributed by atoms with van der Waals surface area (Å²) >= 11 is 0. The van der Waals surface area contributed by atoms with E-state index >= 15 is 0 Å². The Morgan fingerprint density at radius 1 is 1.00 bits per heavy atom. The Bertz CT molecular complexity index is 804. The van der Waals surface area contributed by atoms with Crippen LogP contribution in [0.2, 0.25) is 0 Å². The Hall–Kier alpha value is -2.62. The second-order valence-electron chi connectivity index (χ2n) is 6.36. The van der Waals surface area contributed by atoms with Gasteiger partial charge in [0.15, 0.2) is 5.78 Å². The number of nitrogens with zero attached hydrogens (tertiary/aromatic N) is 1. The molecule has 4 nitrogen and oxygen atoms in total. The molecule has 0 atom stereocenters. The summed E-state index contributed by atoms with van der Waals surface area (Å²) in [7, 11) is 3.25. The molecule has 3 rings (SSSR count). The van der Waals surface area contributed by atoms with Crippen LogP contribution in [0.4, 0.5) is 0 Å². The second-order valence-corrected chi connectivity index (χ2v) is 6.36. The topological polar surface area (TPSA) is 47.9 Å². The van der Waals surface area contributed by atoms with Crippen LogP contribution in [-0.4, -0.2) is 25.7 Å². The van der Waals surface area contributed by atoms with Crippen molar-refractivity contribution < 1.29 is 14.3 Å². The molecule has 0 amide bonds. The number of carbonyl (C=O) groups is 1. The molecule has 124 valence electrons. The SMILES string of the molecule is COc1ccc(C(=O)CC2=NC(C)(C)c3ccc(OC)cc32)cc1. The van der Waals surface area contributed by atoms with Crippen LogP contribution in [0.25, 0.3) is 0 Å². The summed E-state index contributed by atoms with van der Waals surface area (Å²) in [6.07, 6.45) is 0.274. The molecule has 2 aromatic rings. The van der Waals surface area contributed by atoms with Gasteiger partial charge in [0.25, 0.3) is 0 Å². The molecule has 0 aliphatic carbocycles. The van der Waals surface area contributed by atoms with Crippen LogP contribution in [0, 0.1) is 0 Å². The van der Waals surface area contributed by atoms with Crippen LogP contribution < -0.4 is 9.47 Å². The lowest BCUT2D eigenvalue weighted by atomic mass is 9.91. The van der Waals surface area contributed by atoms with Crippen LogP contribution >= 0.6 is 0 Å². The largest absolute Gasteiger partial charge is 0.497 e. The fraction of sp³-hybridized carbons (Fsp3) is 0.300. The monoisotopic (exact) mass is 323 g/mol. The molecule has 24 heavy (non-hydrogen) atoms.